The fourth-order valence-corrected chi connectivity index (χ4v) is 3.42. The summed E-state index contributed by atoms with van der Waals surface area (Å²) in [6.45, 7) is 10.2. The van der Waals surface area contributed by atoms with Crippen molar-refractivity contribution in [2.24, 2.45) is 17.8 Å². The molecule has 0 aliphatic heterocycles. The average Bonchev–Trinajstić information content (AvgIpc) is 2.61. The minimum absolute atomic E-state index is 0.193. The van der Waals surface area contributed by atoms with E-state index in [4.69, 9.17) is 9.84 Å². The minimum Gasteiger partial charge on any atom is -0.496 e. The summed E-state index contributed by atoms with van der Waals surface area (Å²) in [5.41, 5.74) is 1.10. The number of aromatic carboxylic acids is 1. The number of methoxy groups -OCH3 is 1. The molecule has 1 aromatic rings. The quantitative estimate of drug-likeness (QED) is 0.390. The summed E-state index contributed by atoms with van der Waals surface area (Å²) in [7, 11) is 1.50. The summed E-state index contributed by atoms with van der Waals surface area (Å²) in [5.74, 6) is 1.79. The second-order valence-electron chi connectivity index (χ2n) is 8.40. The number of rotatable bonds is 14. The molecule has 0 fully saturated rings. The third-order valence-electron chi connectivity index (χ3n) is 5.27. The van der Waals surface area contributed by atoms with Crippen LogP contribution < -0.4 is 10.1 Å². The summed E-state index contributed by atoms with van der Waals surface area (Å²) in [4.78, 5) is 11.1. The maximum Gasteiger partial charge on any atom is 0.339 e. The van der Waals surface area contributed by atoms with Crippen LogP contribution in [-0.4, -0.2) is 24.7 Å². The Bertz CT molecular complexity index is 557. The van der Waals surface area contributed by atoms with E-state index in [1.807, 2.05) is 0 Å². The molecule has 1 aromatic carbocycles. The number of hydrogen-bond acceptors (Lipinski definition) is 3. The van der Waals surface area contributed by atoms with Crippen molar-refractivity contribution in [3.05, 3.63) is 23.8 Å². The van der Waals surface area contributed by atoms with Crippen molar-refractivity contribution in [1.29, 1.82) is 0 Å². The smallest absolute Gasteiger partial charge is 0.339 e. The standard InChI is InChI=1S/C23H39NO3/c1-17(2)8-6-9-18(3)10-7-11-19(4)14-15-24-20-12-13-21(23(25)26)22(16-20)27-5/h12-13,16-19,24H,6-11,14-15H2,1-5H3,(H,25,26). The van der Waals surface area contributed by atoms with Crippen LogP contribution in [0.25, 0.3) is 0 Å². The molecule has 2 atom stereocenters. The van der Waals surface area contributed by atoms with Gasteiger partial charge in [-0.2, -0.15) is 0 Å². The van der Waals surface area contributed by atoms with Crippen LogP contribution in [0.15, 0.2) is 18.2 Å². The number of carboxylic acids is 1. The number of carbonyl (C=O) groups is 1. The van der Waals surface area contributed by atoms with Crippen LogP contribution >= 0.6 is 0 Å². The van der Waals surface area contributed by atoms with E-state index in [9.17, 15) is 4.79 Å². The SMILES string of the molecule is COc1cc(NCCC(C)CCCC(C)CCCC(C)C)ccc1C(=O)O. The number of anilines is 1. The lowest BCUT2D eigenvalue weighted by Crippen LogP contribution is -2.08. The van der Waals surface area contributed by atoms with Crippen molar-refractivity contribution in [3.63, 3.8) is 0 Å². The van der Waals surface area contributed by atoms with Crippen molar-refractivity contribution in [3.8, 4) is 5.75 Å². The van der Waals surface area contributed by atoms with Gasteiger partial charge in [0, 0.05) is 18.3 Å². The molecular weight excluding hydrogens is 338 g/mol. The van der Waals surface area contributed by atoms with Gasteiger partial charge in [-0.3, -0.25) is 0 Å². The Morgan fingerprint density at radius 1 is 1.00 bits per heavy atom. The highest BCUT2D eigenvalue weighted by Gasteiger charge is 2.11. The fraction of sp³-hybridized carbons (Fsp3) is 0.696. The van der Waals surface area contributed by atoms with Crippen molar-refractivity contribution < 1.29 is 14.6 Å². The van der Waals surface area contributed by atoms with Crippen LogP contribution in [-0.2, 0) is 0 Å². The summed E-state index contributed by atoms with van der Waals surface area (Å²) >= 11 is 0. The average molecular weight is 378 g/mol. The summed E-state index contributed by atoms with van der Waals surface area (Å²) in [6.07, 6.45) is 9.12. The molecule has 0 saturated heterocycles. The number of nitrogens with one attached hydrogen (secondary N) is 1. The monoisotopic (exact) mass is 377 g/mol. The molecule has 0 amide bonds. The maximum absolute atomic E-state index is 11.1. The minimum atomic E-state index is -0.967. The highest BCUT2D eigenvalue weighted by Crippen LogP contribution is 2.24. The third-order valence-corrected chi connectivity index (χ3v) is 5.27. The maximum atomic E-state index is 11.1. The van der Waals surface area contributed by atoms with Gasteiger partial charge in [-0.1, -0.05) is 66.2 Å². The van der Waals surface area contributed by atoms with Crippen molar-refractivity contribution >= 4 is 11.7 Å². The van der Waals surface area contributed by atoms with E-state index in [2.05, 4.69) is 33.0 Å². The summed E-state index contributed by atoms with van der Waals surface area (Å²) in [6, 6.07) is 5.15. The van der Waals surface area contributed by atoms with E-state index in [1.54, 1.807) is 18.2 Å². The van der Waals surface area contributed by atoms with Gasteiger partial charge in [0.1, 0.15) is 11.3 Å². The third kappa shape index (κ3) is 9.69. The van der Waals surface area contributed by atoms with Gasteiger partial charge in [0.05, 0.1) is 7.11 Å². The second kappa shape index (κ2) is 12.6. The zero-order valence-corrected chi connectivity index (χ0v) is 17.9. The first kappa shape index (κ1) is 23.3. The number of carboxylic acid groups (broad SMARTS) is 1. The molecule has 0 saturated carbocycles. The number of hydrogen-bond donors (Lipinski definition) is 2. The summed E-state index contributed by atoms with van der Waals surface area (Å²) < 4.78 is 5.17. The van der Waals surface area contributed by atoms with Crippen LogP contribution in [0.3, 0.4) is 0 Å². The van der Waals surface area contributed by atoms with E-state index in [0.717, 1.165) is 30.5 Å². The first-order chi connectivity index (χ1) is 12.8. The molecule has 2 N–H and O–H groups in total. The molecule has 0 aromatic heterocycles. The molecule has 4 heteroatoms. The van der Waals surface area contributed by atoms with Gasteiger partial charge in [0.2, 0.25) is 0 Å². The molecule has 1 rings (SSSR count). The van der Waals surface area contributed by atoms with Crippen molar-refractivity contribution in [1.82, 2.24) is 0 Å². The Hall–Kier alpha value is -1.71. The Balaban J connectivity index is 2.23. The van der Waals surface area contributed by atoms with Gasteiger partial charge in [-0.25, -0.2) is 4.79 Å². The van der Waals surface area contributed by atoms with E-state index in [0.29, 0.717) is 11.7 Å². The molecule has 2 unspecified atom stereocenters. The van der Waals surface area contributed by atoms with Gasteiger partial charge in [0.15, 0.2) is 0 Å². The molecule has 4 nitrogen and oxygen atoms in total. The van der Waals surface area contributed by atoms with Gasteiger partial charge >= 0.3 is 5.97 Å². The molecule has 27 heavy (non-hydrogen) atoms. The first-order valence-corrected chi connectivity index (χ1v) is 10.5. The Kier molecular flexibility index (Phi) is 10.9. The molecule has 0 bridgehead atoms. The topological polar surface area (TPSA) is 58.6 Å². The lowest BCUT2D eigenvalue weighted by atomic mass is 9.92. The van der Waals surface area contributed by atoms with E-state index < -0.39 is 5.97 Å². The Morgan fingerprint density at radius 2 is 1.59 bits per heavy atom. The van der Waals surface area contributed by atoms with Crippen LogP contribution in [0.2, 0.25) is 0 Å². The molecule has 0 aliphatic carbocycles. The van der Waals surface area contributed by atoms with E-state index in [-0.39, 0.29) is 5.56 Å². The highest BCUT2D eigenvalue weighted by molar-refractivity contribution is 5.91. The number of benzene rings is 1. The van der Waals surface area contributed by atoms with E-state index in [1.165, 1.54) is 45.6 Å². The largest absolute Gasteiger partial charge is 0.496 e. The molecule has 0 radical (unpaired) electrons. The molecule has 0 aliphatic rings. The zero-order chi connectivity index (χ0) is 20.2. The van der Waals surface area contributed by atoms with E-state index >= 15 is 0 Å². The summed E-state index contributed by atoms with van der Waals surface area (Å²) in [5, 5.41) is 12.5. The van der Waals surface area contributed by atoms with Crippen LogP contribution in [0.1, 0.15) is 83.0 Å². The lowest BCUT2D eigenvalue weighted by molar-refractivity contribution is 0.0693. The van der Waals surface area contributed by atoms with Crippen LogP contribution in [0.5, 0.6) is 5.75 Å². The predicted molar refractivity (Wildman–Crippen MR) is 114 cm³/mol. The zero-order valence-electron chi connectivity index (χ0n) is 17.9. The van der Waals surface area contributed by atoms with Gasteiger partial charge in [0.25, 0.3) is 0 Å². The molecule has 154 valence electrons. The number of ether oxygens (including phenoxy) is 1. The van der Waals surface area contributed by atoms with Crippen molar-refractivity contribution in [2.75, 3.05) is 19.0 Å². The predicted octanol–water partition coefficient (Wildman–Crippen LogP) is 6.46. The first-order valence-electron chi connectivity index (χ1n) is 10.5. The lowest BCUT2D eigenvalue weighted by Gasteiger charge is -2.16. The van der Waals surface area contributed by atoms with Gasteiger partial charge < -0.3 is 15.2 Å². The fourth-order valence-electron chi connectivity index (χ4n) is 3.42. The van der Waals surface area contributed by atoms with Crippen LogP contribution in [0, 0.1) is 17.8 Å². The Morgan fingerprint density at radius 3 is 2.15 bits per heavy atom. The van der Waals surface area contributed by atoms with Crippen molar-refractivity contribution in [2.45, 2.75) is 72.6 Å². The van der Waals surface area contributed by atoms with Gasteiger partial charge in [-0.05, 0) is 36.3 Å². The molecule has 0 spiro atoms. The second-order valence-corrected chi connectivity index (χ2v) is 8.40. The highest BCUT2D eigenvalue weighted by atomic mass is 16.5. The van der Waals surface area contributed by atoms with Crippen LogP contribution in [0.4, 0.5) is 5.69 Å². The normalized spacial score (nSPS) is 13.4. The van der Waals surface area contributed by atoms with Gasteiger partial charge in [-0.15, -0.1) is 0 Å². The molecule has 0 heterocycles. The Labute approximate surface area is 165 Å². The molecular formula is C23H39NO3.